The van der Waals surface area contributed by atoms with Crippen molar-refractivity contribution in [2.24, 2.45) is 57.2 Å². The third-order valence-electron chi connectivity index (χ3n) is 11.3. The van der Waals surface area contributed by atoms with Crippen molar-refractivity contribution >= 4 is 23.2 Å². The fraction of sp³-hybridized carbons (Fsp3) is 0.862. The summed E-state index contributed by atoms with van der Waals surface area (Å²) in [5.74, 6) is 3.02. The highest BCUT2D eigenvalue weighted by atomic mass is 16.5. The maximum Gasteiger partial charge on any atom is 0.303 e. The zero-order valence-corrected chi connectivity index (χ0v) is 21.8. The Morgan fingerprint density at radius 1 is 1.00 bits per heavy atom. The highest BCUT2D eigenvalue weighted by Crippen LogP contribution is 2.68. The average molecular weight is 470 g/mol. The van der Waals surface area contributed by atoms with E-state index >= 15 is 0 Å². The van der Waals surface area contributed by atoms with E-state index in [0.717, 1.165) is 57.2 Å². The summed E-state index contributed by atoms with van der Waals surface area (Å²) in [6.07, 6.45) is 8.67. The molecule has 0 aromatic rings. The summed E-state index contributed by atoms with van der Waals surface area (Å²) in [7, 11) is 0. The SMILES string of the molecule is CC(=O)O[C@H]1CC[C@@]2(C)[C@@H](CC[C@@H]3[C@@H]2CC[C@]2(C)[C@@H]([C@H](C)C(=O)C4=NCC(C)C4)CC[C@@H]32)C1=O. The summed E-state index contributed by atoms with van der Waals surface area (Å²) >= 11 is 0. The minimum Gasteiger partial charge on any atom is -0.455 e. The fourth-order valence-electron chi connectivity index (χ4n) is 9.62. The average Bonchev–Trinajstić information content (AvgIpc) is 3.37. The van der Waals surface area contributed by atoms with Crippen molar-refractivity contribution in [3.8, 4) is 0 Å². The second-order valence-electron chi connectivity index (χ2n) is 13.0. The molecule has 4 aliphatic carbocycles. The summed E-state index contributed by atoms with van der Waals surface area (Å²) in [5, 5.41) is 0. The molecule has 0 radical (unpaired) electrons. The van der Waals surface area contributed by atoms with Crippen molar-refractivity contribution < 1.29 is 19.1 Å². The van der Waals surface area contributed by atoms with Gasteiger partial charge in [-0.05, 0) is 98.2 Å². The van der Waals surface area contributed by atoms with Gasteiger partial charge in [0.25, 0.3) is 0 Å². The summed E-state index contributed by atoms with van der Waals surface area (Å²) in [5.41, 5.74) is 1.08. The van der Waals surface area contributed by atoms with Gasteiger partial charge in [-0.15, -0.1) is 0 Å². The van der Waals surface area contributed by atoms with Crippen molar-refractivity contribution in [1.29, 1.82) is 0 Å². The molecule has 1 heterocycles. The Hall–Kier alpha value is -1.52. The number of fused-ring (bicyclic) bond motifs is 5. The van der Waals surface area contributed by atoms with Crippen molar-refractivity contribution in [3.63, 3.8) is 0 Å². The number of hydrogen-bond donors (Lipinski definition) is 0. The molecule has 5 heteroatoms. The van der Waals surface area contributed by atoms with Gasteiger partial charge in [-0.3, -0.25) is 19.4 Å². The van der Waals surface area contributed by atoms with Crippen LogP contribution < -0.4 is 0 Å². The van der Waals surface area contributed by atoms with Crippen LogP contribution in [0.15, 0.2) is 4.99 Å². The predicted octanol–water partition coefficient (Wildman–Crippen LogP) is 5.44. The number of ether oxygens (including phenoxy) is 1. The molecular weight excluding hydrogens is 426 g/mol. The van der Waals surface area contributed by atoms with Gasteiger partial charge < -0.3 is 4.74 Å². The second kappa shape index (κ2) is 8.55. The van der Waals surface area contributed by atoms with Crippen LogP contribution in [0.25, 0.3) is 0 Å². The highest BCUT2D eigenvalue weighted by Gasteiger charge is 2.62. The predicted molar refractivity (Wildman–Crippen MR) is 131 cm³/mol. The van der Waals surface area contributed by atoms with Crippen LogP contribution in [0.5, 0.6) is 0 Å². The maximum atomic E-state index is 13.4. The molecule has 0 N–H and O–H groups in total. The quantitative estimate of drug-likeness (QED) is 0.514. The van der Waals surface area contributed by atoms with E-state index in [-0.39, 0.29) is 34.4 Å². The summed E-state index contributed by atoms with van der Waals surface area (Å²) in [4.78, 5) is 42.8. The Labute approximate surface area is 204 Å². The van der Waals surface area contributed by atoms with E-state index in [1.165, 1.54) is 13.3 Å². The van der Waals surface area contributed by atoms with Crippen LogP contribution in [0.4, 0.5) is 0 Å². The molecule has 5 aliphatic rings. The smallest absolute Gasteiger partial charge is 0.303 e. The Morgan fingerprint density at radius 2 is 1.71 bits per heavy atom. The summed E-state index contributed by atoms with van der Waals surface area (Å²) in [6, 6.07) is 0. The van der Waals surface area contributed by atoms with Gasteiger partial charge in [0.2, 0.25) is 0 Å². The van der Waals surface area contributed by atoms with Crippen molar-refractivity contribution in [3.05, 3.63) is 0 Å². The maximum absolute atomic E-state index is 13.4. The molecule has 1 unspecified atom stereocenters. The van der Waals surface area contributed by atoms with Gasteiger partial charge in [0.1, 0.15) is 0 Å². The lowest BCUT2D eigenvalue weighted by Crippen LogP contribution is -2.57. The third kappa shape index (κ3) is 3.63. The lowest BCUT2D eigenvalue weighted by molar-refractivity contribution is -0.172. The number of carbonyl (C=O) groups excluding carboxylic acids is 3. The van der Waals surface area contributed by atoms with Crippen LogP contribution in [0.2, 0.25) is 0 Å². The molecule has 0 saturated heterocycles. The van der Waals surface area contributed by atoms with E-state index in [0.29, 0.717) is 41.8 Å². The molecule has 0 spiro atoms. The zero-order valence-electron chi connectivity index (χ0n) is 21.8. The Morgan fingerprint density at radius 3 is 2.38 bits per heavy atom. The van der Waals surface area contributed by atoms with Gasteiger partial charge >= 0.3 is 5.97 Å². The Bertz CT molecular complexity index is 910. The zero-order chi connectivity index (χ0) is 24.4. The van der Waals surface area contributed by atoms with Gasteiger partial charge in [0.05, 0.1) is 5.71 Å². The van der Waals surface area contributed by atoms with Crippen molar-refractivity contribution in [2.75, 3.05) is 6.54 Å². The Kier molecular flexibility index (Phi) is 6.08. The largest absolute Gasteiger partial charge is 0.455 e. The summed E-state index contributed by atoms with van der Waals surface area (Å²) < 4.78 is 5.40. The van der Waals surface area contributed by atoms with Gasteiger partial charge in [-0.1, -0.05) is 27.7 Å². The first-order chi connectivity index (χ1) is 16.1. The third-order valence-corrected chi connectivity index (χ3v) is 11.3. The number of aliphatic imine (C=N–C) groups is 1. The van der Waals surface area contributed by atoms with Crippen LogP contribution in [0.3, 0.4) is 0 Å². The fourth-order valence-corrected chi connectivity index (χ4v) is 9.62. The summed E-state index contributed by atoms with van der Waals surface area (Å²) in [6.45, 7) is 11.4. The number of nitrogens with zero attached hydrogens (tertiary/aromatic N) is 1. The van der Waals surface area contributed by atoms with E-state index in [2.05, 4.69) is 32.7 Å². The van der Waals surface area contributed by atoms with Crippen LogP contribution in [0.1, 0.15) is 92.4 Å². The lowest BCUT2D eigenvalue weighted by Gasteiger charge is -2.60. The van der Waals surface area contributed by atoms with Crippen LogP contribution >= 0.6 is 0 Å². The normalized spacial score (nSPS) is 46.7. The highest BCUT2D eigenvalue weighted by molar-refractivity contribution is 6.41. The molecule has 34 heavy (non-hydrogen) atoms. The topological polar surface area (TPSA) is 72.8 Å². The molecule has 5 rings (SSSR count). The molecule has 1 aliphatic heterocycles. The molecule has 188 valence electrons. The number of hydrogen-bond acceptors (Lipinski definition) is 5. The number of ketones is 2. The van der Waals surface area contributed by atoms with Crippen LogP contribution in [0, 0.1) is 52.3 Å². The van der Waals surface area contributed by atoms with Gasteiger partial charge in [0, 0.05) is 25.3 Å². The molecule has 4 fully saturated rings. The molecular formula is C29H43NO4. The van der Waals surface area contributed by atoms with Gasteiger partial charge in [-0.2, -0.15) is 0 Å². The van der Waals surface area contributed by atoms with Gasteiger partial charge in [0.15, 0.2) is 17.7 Å². The molecule has 0 aromatic heterocycles. The number of carbonyl (C=O) groups is 3. The van der Waals surface area contributed by atoms with Crippen LogP contribution in [-0.2, 0) is 19.1 Å². The van der Waals surface area contributed by atoms with Gasteiger partial charge in [-0.25, -0.2) is 0 Å². The second-order valence-corrected chi connectivity index (χ2v) is 13.0. The van der Waals surface area contributed by atoms with E-state index in [9.17, 15) is 14.4 Å². The first kappa shape index (κ1) is 24.2. The molecule has 10 atom stereocenters. The molecule has 4 saturated carbocycles. The standard InChI is InChI=1S/C29H43NO4/c1-16-14-24(30-15-16)26(32)17(2)20-8-9-21-19-6-7-23-27(33)25(34-18(3)31)11-13-29(23,5)22(19)10-12-28(20,21)4/h16-17,19-23,25H,6-15H2,1-5H3/t16?,17-,19-,20+,21-,22-,23-,25-,28+,29+/m0/s1. The first-order valence-corrected chi connectivity index (χ1v) is 13.8. The minimum absolute atomic E-state index is 0.0201. The molecule has 0 amide bonds. The molecule has 5 nitrogen and oxygen atoms in total. The van der Waals surface area contributed by atoms with Crippen molar-refractivity contribution in [2.45, 2.75) is 98.5 Å². The molecule has 0 bridgehead atoms. The van der Waals surface area contributed by atoms with E-state index in [4.69, 9.17) is 4.74 Å². The van der Waals surface area contributed by atoms with Crippen molar-refractivity contribution in [1.82, 2.24) is 0 Å². The van der Waals surface area contributed by atoms with Crippen LogP contribution in [-0.4, -0.2) is 35.9 Å². The van der Waals surface area contributed by atoms with E-state index in [1.54, 1.807) is 0 Å². The number of Topliss-reactive ketones (excluding diaryl/α,β-unsaturated/α-hetero) is 2. The number of esters is 1. The minimum atomic E-state index is -0.537. The van der Waals surface area contributed by atoms with E-state index < -0.39 is 6.10 Å². The number of rotatable bonds is 4. The van der Waals surface area contributed by atoms with E-state index in [1.807, 2.05) is 0 Å². The Balaban J connectivity index is 1.33. The lowest BCUT2D eigenvalue weighted by atomic mass is 9.44. The monoisotopic (exact) mass is 469 g/mol. The molecule has 0 aromatic carbocycles. The first-order valence-electron chi connectivity index (χ1n) is 13.8.